The van der Waals surface area contributed by atoms with Crippen LogP contribution in [0.4, 0.5) is 5.69 Å². The Kier molecular flexibility index (Phi) is 3.02. The van der Waals surface area contributed by atoms with Gasteiger partial charge >= 0.3 is 0 Å². The van der Waals surface area contributed by atoms with E-state index in [4.69, 9.17) is 0 Å². The van der Waals surface area contributed by atoms with Crippen LogP contribution >= 0.6 is 12.2 Å². The van der Waals surface area contributed by atoms with Crippen LogP contribution in [0.25, 0.3) is 0 Å². The van der Waals surface area contributed by atoms with Crippen LogP contribution in [-0.4, -0.2) is 14.9 Å². The summed E-state index contributed by atoms with van der Waals surface area (Å²) >= 11 is 4.52. The lowest BCUT2D eigenvalue weighted by Gasteiger charge is -1.99. The summed E-state index contributed by atoms with van der Waals surface area (Å²) in [4.78, 5) is 3.85. The topological polar surface area (TPSA) is 30.2 Å². The Morgan fingerprint density at radius 2 is 2.13 bits per heavy atom. The fourth-order valence-electron chi connectivity index (χ4n) is 1.32. The fraction of sp³-hybridized carbons (Fsp3) is 0.0909. The van der Waals surface area contributed by atoms with Gasteiger partial charge in [0.25, 0.3) is 0 Å². The van der Waals surface area contributed by atoms with E-state index in [1.807, 2.05) is 29.1 Å². The molecular weight excluding hydrogens is 206 g/mol. The van der Waals surface area contributed by atoms with Gasteiger partial charge in [-0.05, 0) is 17.8 Å². The number of hydrogen-bond donors (Lipinski definition) is 0. The van der Waals surface area contributed by atoms with Gasteiger partial charge in [0, 0.05) is 0 Å². The third-order valence-electron chi connectivity index (χ3n) is 1.98. The maximum Gasteiger partial charge on any atom is 0.112 e. The molecule has 0 spiro atoms. The first-order valence-electron chi connectivity index (χ1n) is 4.53. The molecule has 2 aromatic rings. The second kappa shape index (κ2) is 4.64. The third kappa shape index (κ3) is 2.59. The number of aromatic nitrogens is 2. The van der Waals surface area contributed by atoms with Gasteiger partial charge in [0.1, 0.15) is 5.69 Å². The Hall–Kier alpha value is -1.77. The standard InChI is InChI=1S/C11H9N3S/c15-9-12-11-6-13-14(8-11)7-10-4-2-1-3-5-10/h1-6,8H,7H2. The number of hydrogen-bond acceptors (Lipinski definition) is 3. The first kappa shape index (κ1) is 9.77. The Morgan fingerprint density at radius 1 is 1.33 bits per heavy atom. The van der Waals surface area contributed by atoms with Crippen molar-refractivity contribution in [3.63, 3.8) is 0 Å². The van der Waals surface area contributed by atoms with Crippen molar-refractivity contribution in [2.75, 3.05) is 0 Å². The molecule has 1 aromatic carbocycles. The number of thiocarbonyl (C=S) groups is 1. The van der Waals surface area contributed by atoms with Gasteiger partial charge in [-0.2, -0.15) is 10.1 Å². The first-order chi connectivity index (χ1) is 7.38. The van der Waals surface area contributed by atoms with Gasteiger partial charge in [0.15, 0.2) is 0 Å². The highest BCUT2D eigenvalue weighted by Crippen LogP contribution is 2.10. The van der Waals surface area contributed by atoms with Gasteiger partial charge in [0.2, 0.25) is 0 Å². The second-order valence-corrected chi connectivity index (χ2v) is 3.27. The van der Waals surface area contributed by atoms with Crippen molar-refractivity contribution in [2.24, 2.45) is 4.99 Å². The van der Waals surface area contributed by atoms with Gasteiger partial charge in [-0.25, -0.2) is 0 Å². The van der Waals surface area contributed by atoms with E-state index in [9.17, 15) is 0 Å². The lowest BCUT2D eigenvalue weighted by Crippen LogP contribution is -1.98. The number of rotatable bonds is 3. The van der Waals surface area contributed by atoms with Crippen LogP contribution in [-0.2, 0) is 6.54 Å². The molecule has 1 heterocycles. The maximum absolute atomic E-state index is 4.52. The van der Waals surface area contributed by atoms with E-state index in [1.165, 1.54) is 5.56 Å². The molecule has 0 fully saturated rings. The van der Waals surface area contributed by atoms with Gasteiger partial charge in [-0.3, -0.25) is 4.68 Å². The highest BCUT2D eigenvalue weighted by Gasteiger charge is 1.97. The summed E-state index contributed by atoms with van der Waals surface area (Å²) in [5.74, 6) is 0. The molecule has 15 heavy (non-hydrogen) atoms. The Labute approximate surface area is 93.1 Å². The maximum atomic E-state index is 4.52. The van der Waals surface area contributed by atoms with Crippen molar-refractivity contribution >= 4 is 23.1 Å². The normalized spacial score (nSPS) is 9.60. The Balaban J connectivity index is 2.15. The van der Waals surface area contributed by atoms with Gasteiger partial charge < -0.3 is 0 Å². The van der Waals surface area contributed by atoms with E-state index in [0.29, 0.717) is 0 Å². The van der Waals surface area contributed by atoms with E-state index in [1.54, 1.807) is 6.20 Å². The summed E-state index contributed by atoms with van der Waals surface area (Å²) < 4.78 is 1.82. The molecule has 0 atom stereocenters. The van der Waals surface area contributed by atoms with Crippen LogP contribution in [0.2, 0.25) is 0 Å². The fourth-order valence-corrected chi connectivity index (χ4v) is 1.43. The van der Waals surface area contributed by atoms with Crippen molar-refractivity contribution in [1.82, 2.24) is 9.78 Å². The van der Waals surface area contributed by atoms with Gasteiger partial charge in [-0.15, -0.1) is 0 Å². The van der Waals surface area contributed by atoms with Crippen LogP contribution in [0.5, 0.6) is 0 Å². The zero-order chi connectivity index (χ0) is 10.5. The number of benzene rings is 1. The predicted octanol–water partition coefficient (Wildman–Crippen LogP) is 2.67. The van der Waals surface area contributed by atoms with Crippen LogP contribution in [0.3, 0.4) is 0 Å². The second-order valence-electron chi connectivity index (χ2n) is 3.08. The van der Waals surface area contributed by atoms with Gasteiger partial charge in [0.05, 0.1) is 24.1 Å². The predicted molar refractivity (Wildman–Crippen MR) is 62.5 cm³/mol. The zero-order valence-electron chi connectivity index (χ0n) is 8.00. The van der Waals surface area contributed by atoms with Crippen LogP contribution < -0.4 is 0 Å². The zero-order valence-corrected chi connectivity index (χ0v) is 8.81. The molecule has 0 radical (unpaired) electrons. The minimum absolute atomic E-state index is 0.737. The van der Waals surface area contributed by atoms with Crippen molar-refractivity contribution < 1.29 is 0 Å². The third-order valence-corrected chi connectivity index (χ3v) is 2.07. The van der Waals surface area contributed by atoms with Crippen LogP contribution in [0, 0.1) is 0 Å². The minimum Gasteiger partial charge on any atom is -0.266 e. The molecule has 0 saturated carbocycles. The lowest BCUT2D eigenvalue weighted by molar-refractivity contribution is 0.687. The number of isothiocyanates is 1. The van der Waals surface area contributed by atoms with E-state index < -0.39 is 0 Å². The molecule has 0 unspecified atom stereocenters. The van der Waals surface area contributed by atoms with E-state index in [2.05, 4.69) is 39.6 Å². The average molecular weight is 215 g/mol. The molecule has 0 saturated heterocycles. The highest BCUT2D eigenvalue weighted by atomic mass is 32.1. The molecule has 0 amide bonds. The Bertz CT molecular complexity index is 484. The minimum atomic E-state index is 0.737. The highest BCUT2D eigenvalue weighted by molar-refractivity contribution is 7.78. The molecule has 0 N–H and O–H groups in total. The molecule has 0 bridgehead atoms. The quantitative estimate of drug-likeness (QED) is 0.582. The smallest absolute Gasteiger partial charge is 0.112 e. The molecular formula is C11H9N3S. The van der Waals surface area contributed by atoms with Crippen molar-refractivity contribution in [1.29, 1.82) is 0 Å². The summed E-state index contributed by atoms with van der Waals surface area (Å²) in [6.45, 7) is 0.744. The first-order valence-corrected chi connectivity index (χ1v) is 4.93. The molecule has 1 aromatic heterocycles. The summed E-state index contributed by atoms with van der Waals surface area (Å²) in [6, 6.07) is 10.1. The molecule has 74 valence electrons. The molecule has 4 heteroatoms. The average Bonchev–Trinajstić information content (AvgIpc) is 2.68. The summed E-state index contributed by atoms with van der Waals surface area (Å²) in [6.07, 6.45) is 3.51. The SMILES string of the molecule is S=C=Nc1cnn(Cc2ccccc2)c1. The Morgan fingerprint density at radius 3 is 2.87 bits per heavy atom. The van der Waals surface area contributed by atoms with Crippen molar-refractivity contribution in [3.05, 3.63) is 48.3 Å². The molecule has 3 nitrogen and oxygen atoms in total. The molecule has 0 aliphatic carbocycles. The monoisotopic (exact) mass is 215 g/mol. The molecule has 2 rings (SSSR count). The van der Waals surface area contributed by atoms with Crippen molar-refractivity contribution in [2.45, 2.75) is 6.54 Å². The summed E-state index contributed by atoms with van der Waals surface area (Å²) in [5, 5.41) is 6.48. The lowest BCUT2D eigenvalue weighted by atomic mass is 10.2. The van der Waals surface area contributed by atoms with Crippen LogP contribution in [0.15, 0.2) is 47.7 Å². The summed E-state index contributed by atoms with van der Waals surface area (Å²) in [5.41, 5.74) is 1.94. The van der Waals surface area contributed by atoms with Gasteiger partial charge in [-0.1, -0.05) is 30.3 Å². The van der Waals surface area contributed by atoms with E-state index >= 15 is 0 Å². The van der Waals surface area contributed by atoms with Crippen molar-refractivity contribution in [3.8, 4) is 0 Å². The number of aliphatic imine (C=N–C) groups is 1. The number of nitrogens with zero attached hydrogens (tertiary/aromatic N) is 3. The largest absolute Gasteiger partial charge is 0.266 e. The van der Waals surface area contributed by atoms with E-state index in [-0.39, 0.29) is 0 Å². The van der Waals surface area contributed by atoms with Crippen LogP contribution in [0.1, 0.15) is 5.56 Å². The molecule has 0 aliphatic rings. The van der Waals surface area contributed by atoms with E-state index in [0.717, 1.165) is 12.2 Å². The summed E-state index contributed by atoms with van der Waals surface area (Å²) in [7, 11) is 0. The molecule has 0 aliphatic heterocycles.